The van der Waals surface area contributed by atoms with Crippen LogP contribution < -0.4 is 0 Å². The third-order valence-electron chi connectivity index (χ3n) is 8.44. The van der Waals surface area contributed by atoms with Gasteiger partial charge in [-0.1, -0.05) is 111 Å². The smallest absolute Gasteiger partial charge is 0.220 e. The van der Waals surface area contributed by atoms with E-state index in [-0.39, 0.29) is 21.1 Å². The number of hydrogen-bond acceptors (Lipinski definition) is 3. The molecule has 0 aromatic heterocycles. The molecule has 2 nitrogen and oxygen atoms in total. The van der Waals surface area contributed by atoms with Crippen molar-refractivity contribution in [2.45, 2.75) is 108 Å². The predicted molar refractivity (Wildman–Crippen MR) is 190 cm³/mol. The van der Waals surface area contributed by atoms with E-state index in [9.17, 15) is 9.59 Å². The molecule has 232 valence electrons. The average Bonchev–Trinajstić information content (AvgIpc) is 2.87. The van der Waals surface area contributed by atoms with Gasteiger partial charge in [0.15, 0.2) is 0 Å². The SMILES string of the molecule is CC1=C(/C=C/C(C)=C/C=C/C(C)=C/C(=O)SC(=O)/C=C(C)/C=C/C=C(C)/C=C/C2=C(C)CCCC2(C)C)C(C)(C)CCC1. The first-order valence-electron chi connectivity index (χ1n) is 15.7. The van der Waals surface area contributed by atoms with E-state index in [1.165, 1.54) is 73.0 Å². The lowest BCUT2D eigenvalue weighted by Crippen LogP contribution is -2.19. The Kier molecular flexibility index (Phi) is 14.2. The van der Waals surface area contributed by atoms with Crippen LogP contribution in [0.4, 0.5) is 0 Å². The molecule has 0 saturated carbocycles. The van der Waals surface area contributed by atoms with E-state index in [0.29, 0.717) is 0 Å². The van der Waals surface area contributed by atoms with Crippen LogP contribution in [0.3, 0.4) is 0 Å². The van der Waals surface area contributed by atoms with Crippen LogP contribution in [0.15, 0.2) is 117 Å². The number of hydrogen-bond donors (Lipinski definition) is 0. The Bertz CT molecular complexity index is 1250. The highest BCUT2D eigenvalue weighted by atomic mass is 32.2. The molecule has 0 saturated heterocycles. The van der Waals surface area contributed by atoms with E-state index in [1.807, 2.05) is 50.3 Å². The van der Waals surface area contributed by atoms with Gasteiger partial charge in [0.1, 0.15) is 0 Å². The standard InChI is InChI=1S/C40H54O2S/c1-29(21-23-35-33(5)19-13-25-39(35,7)8)15-11-17-31(3)27-37(41)43-38(42)28-32(4)18-12-16-30(2)22-24-36-34(6)20-14-26-40(36,9)10/h11-12,15-18,21-24,27-28H,13-14,19-20,25-26H2,1-10H3/b17-11+,18-12+,23-21+,24-22+,29-15+,30-16+,31-27+,32-28+. The van der Waals surface area contributed by atoms with Gasteiger partial charge in [0.05, 0.1) is 0 Å². The fourth-order valence-electron chi connectivity index (χ4n) is 5.89. The molecular weight excluding hydrogens is 545 g/mol. The Morgan fingerprint density at radius 1 is 0.605 bits per heavy atom. The second-order valence-corrected chi connectivity index (χ2v) is 14.6. The summed E-state index contributed by atoms with van der Waals surface area (Å²) in [5.74, 6) is 0. The van der Waals surface area contributed by atoms with Crippen molar-refractivity contribution in [3.63, 3.8) is 0 Å². The quantitative estimate of drug-likeness (QED) is 0.185. The van der Waals surface area contributed by atoms with Gasteiger partial charge in [-0.2, -0.15) is 0 Å². The first kappa shape index (κ1) is 36.3. The second kappa shape index (κ2) is 16.8. The highest BCUT2D eigenvalue weighted by Gasteiger charge is 2.27. The molecule has 0 aliphatic heterocycles. The Hall–Kier alpha value is -2.91. The maximum atomic E-state index is 12.4. The third kappa shape index (κ3) is 12.7. The summed E-state index contributed by atoms with van der Waals surface area (Å²) < 4.78 is 0. The normalized spacial score (nSPS) is 20.9. The summed E-state index contributed by atoms with van der Waals surface area (Å²) in [6.45, 7) is 21.7. The Labute approximate surface area is 267 Å². The maximum Gasteiger partial charge on any atom is 0.220 e. The molecule has 2 aliphatic rings. The minimum atomic E-state index is -0.265. The molecule has 0 bridgehead atoms. The van der Waals surface area contributed by atoms with Crippen molar-refractivity contribution in [3.8, 4) is 0 Å². The molecule has 0 aromatic rings. The summed E-state index contributed by atoms with van der Waals surface area (Å²) in [7, 11) is 0. The fraction of sp³-hybridized carbons (Fsp3) is 0.450. The molecule has 0 unspecified atom stereocenters. The van der Waals surface area contributed by atoms with Gasteiger partial charge in [0.2, 0.25) is 10.2 Å². The van der Waals surface area contributed by atoms with Gasteiger partial charge in [-0.3, -0.25) is 9.59 Å². The molecule has 0 fully saturated rings. The molecule has 2 rings (SSSR count). The molecule has 0 N–H and O–H groups in total. The molecule has 0 radical (unpaired) electrons. The van der Waals surface area contributed by atoms with Crippen LogP contribution >= 0.6 is 11.8 Å². The molecule has 43 heavy (non-hydrogen) atoms. The molecule has 3 heteroatoms. The monoisotopic (exact) mass is 598 g/mol. The minimum Gasteiger partial charge on any atom is -0.282 e. The molecule has 0 atom stereocenters. The molecule has 0 aromatic carbocycles. The Morgan fingerprint density at radius 3 is 1.33 bits per heavy atom. The van der Waals surface area contributed by atoms with Gasteiger partial charge in [-0.05, 0) is 137 Å². The zero-order valence-electron chi connectivity index (χ0n) is 28.4. The minimum absolute atomic E-state index is 0.227. The van der Waals surface area contributed by atoms with E-state index in [0.717, 1.165) is 34.1 Å². The van der Waals surface area contributed by atoms with Crippen LogP contribution in [0, 0.1) is 10.8 Å². The maximum absolute atomic E-state index is 12.4. The highest BCUT2D eigenvalue weighted by Crippen LogP contribution is 2.41. The summed E-state index contributed by atoms with van der Waals surface area (Å²) in [6.07, 6.45) is 31.0. The van der Waals surface area contributed by atoms with Gasteiger partial charge < -0.3 is 0 Å². The average molecular weight is 599 g/mol. The first-order valence-corrected chi connectivity index (χ1v) is 16.5. The van der Waals surface area contributed by atoms with E-state index in [4.69, 9.17) is 0 Å². The summed E-state index contributed by atoms with van der Waals surface area (Å²) >= 11 is 0.722. The van der Waals surface area contributed by atoms with Gasteiger partial charge in [0, 0.05) is 0 Å². The molecule has 2 aliphatic carbocycles. The van der Waals surface area contributed by atoms with Crippen molar-refractivity contribution in [1.82, 2.24) is 0 Å². The van der Waals surface area contributed by atoms with Crippen molar-refractivity contribution < 1.29 is 9.59 Å². The number of thioether (sulfide) groups is 1. The van der Waals surface area contributed by atoms with Crippen molar-refractivity contribution in [2.75, 3.05) is 0 Å². The predicted octanol–water partition coefficient (Wildman–Crippen LogP) is 11.8. The number of carbonyl (C=O) groups excluding carboxylic acids is 2. The zero-order valence-corrected chi connectivity index (χ0v) is 29.2. The van der Waals surface area contributed by atoms with Crippen LogP contribution in [0.25, 0.3) is 0 Å². The zero-order chi connectivity index (χ0) is 32.2. The Balaban J connectivity index is 1.90. The fourth-order valence-corrected chi connectivity index (χ4v) is 6.58. The first-order chi connectivity index (χ1) is 20.1. The van der Waals surface area contributed by atoms with Crippen molar-refractivity contribution in [3.05, 3.63) is 117 Å². The summed E-state index contributed by atoms with van der Waals surface area (Å²) in [5.41, 5.74) is 10.2. The van der Waals surface area contributed by atoms with Gasteiger partial charge in [0.25, 0.3) is 0 Å². The van der Waals surface area contributed by atoms with Crippen LogP contribution in [0.5, 0.6) is 0 Å². The lowest BCUT2D eigenvalue weighted by atomic mass is 9.72. The third-order valence-corrected chi connectivity index (χ3v) is 9.08. The topological polar surface area (TPSA) is 34.1 Å². The van der Waals surface area contributed by atoms with Crippen LogP contribution in [0.1, 0.15) is 108 Å². The van der Waals surface area contributed by atoms with Crippen LogP contribution in [-0.2, 0) is 9.59 Å². The van der Waals surface area contributed by atoms with E-state index >= 15 is 0 Å². The molecular formula is C40H54O2S. The van der Waals surface area contributed by atoms with Gasteiger partial charge in [-0.15, -0.1) is 0 Å². The largest absolute Gasteiger partial charge is 0.282 e. The highest BCUT2D eigenvalue weighted by molar-refractivity contribution is 8.26. The number of carbonyl (C=O) groups is 2. The van der Waals surface area contributed by atoms with Gasteiger partial charge >= 0.3 is 0 Å². The van der Waals surface area contributed by atoms with Crippen molar-refractivity contribution in [1.29, 1.82) is 0 Å². The number of allylic oxidation sites excluding steroid dienone is 18. The lowest BCUT2D eigenvalue weighted by molar-refractivity contribution is -0.109. The van der Waals surface area contributed by atoms with Crippen molar-refractivity contribution in [2.24, 2.45) is 10.8 Å². The van der Waals surface area contributed by atoms with Crippen molar-refractivity contribution >= 4 is 22.0 Å². The van der Waals surface area contributed by atoms with E-state index < -0.39 is 0 Å². The van der Waals surface area contributed by atoms with Crippen LogP contribution in [0.2, 0.25) is 0 Å². The molecule has 0 amide bonds. The summed E-state index contributed by atoms with van der Waals surface area (Å²) in [4.78, 5) is 24.8. The second-order valence-electron chi connectivity index (χ2n) is 13.6. The van der Waals surface area contributed by atoms with Crippen LogP contribution in [-0.4, -0.2) is 10.2 Å². The van der Waals surface area contributed by atoms with Gasteiger partial charge in [-0.25, -0.2) is 0 Å². The summed E-state index contributed by atoms with van der Waals surface area (Å²) in [6, 6.07) is 0. The molecule has 0 heterocycles. The Morgan fingerprint density at radius 2 is 0.977 bits per heavy atom. The lowest BCUT2D eigenvalue weighted by Gasteiger charge is -2.33. The number of rotatable bonds is 10. The van der Waals surface area contributed by atoms with E-state index in [2.05, 4.69) is 79.7 Å². The summed E-state index contributed by atoms with van der Waals surface area (Å²) in [5, 5.41) is -0.530. The van der Waals surface area contributed by atoms with E-state index in [1.54, 1.807) is 0 Å². The molecule has 0 spiro atoms.